The molecule has 5 heterocycles. The lowest BCUT2D eigenvalue weighted by atomic mass is 10.1. The Labute approximate surface area is 223 Å². The monoisotopic (exact) mass is 551 g/mol. The number of likely N-dealkylation sites (tertiary alicyclic amines) is 1. The van der Waals surface area contributed by atoms with Crippen LogP contribution in [0.2, 0.25) is 0 Å². The maximum absolute atomic E-state index is 13.2. The Kier molecular flexibility index (Phi) is 8.41. The van der Waals surface area contributed by atoms with E-state index in [9.17, 15) is 22.8 Å². The number of carbonyl (C=O) groups is 1. The zero-order chi connectivity index (χ0) is 26.7. The number of pyridine rings is 2. The van der Waals surface area contributed by atoms with E-state index < -0.39 is 17.3 Å². The average Bonchev–Trinajstić information content (AvgIpc) is 3.30. The van der Waals surface area contributed by atoms with E-state index in [1.807, 2.05) is 18.2 Å². The number of nitrogens with one attached hydrogen (secondary N) is 1. The van der Waals surface area contributed by atoms with Crippen molar-refractivity contribution in [1.29, 1.82) is 0 Å². The Morgan fingerprint density at radius 1 is 1.16 bits per heavy atom. The summed E-state index contributed by atoms with van der Waals surface area (Å²) < 4.78 is 46.5. The molecule has 2 aromatic rings. The summed E-state index contributed by atoms with van der Waals surface area (Å²) in [5, 5.41) is 3.40. The molecule has 12 heteroatoms. The highest BCUT2D eigenvalue weighted by Gasteiger charge is 2.38. The third kappa shape index (κ3) is 6.59. The van der Waals surface area contributed by atoms with Gasteiger partial charge in [0.05, 0.1) is 23.8 Å². The molecule has 206 valence electrons. The van der Waals surface area contributed by atoms with Gasteiger partial charge in [0.2, 0.25) is 5.91 Å². The van der Waals surface area contributed by atoms with Crippen LogP contribution in [-0.4, -0.2) is 82.0 Å². The molecule has 1 amide bonds. The minimum atomic E-state index is -4.59. The molecule has 3 aliphatic rings. The van der Waals surface area contributed by atoms with Gasteiger partial charge in [0.1, 0.15) is 0 Å². The van der Waals surface area contributed by atoms with E-state index in [1.165, 1.54) is 4.57 Å². The normalized spacial score (nSPS) is 23.3. The number of nitrogens with zero attached hydrogens (tertiary/aromatic N) is 4. The number of hydrogen-bond donors (Lipinski definition) is 1. The Morgan fingerprint density at radius 2 is 1.97 bits per heavy atom. The number of rotatable bonds is 7. The molecular formula is C26H32F3N5O3S. The van der Waals surface area contributed by atoms with Crippen molar-refractivity contribution in [3.63, 3.8) is 0 Å². The lowest BCUT2D eigenvalue weighted by Gasteiger charge is -2.31. The lowest BCUT2D eigenvalue weighted by Crippen LogP contribution is -2.48. The second-order valence-corrected chi connectivity index (χ2v) is 11.3. The van der Waals surface area contributed by atoms with Crippen LogP contribution >= 0.6 is 11.8 Å². The summed E-state index contributed by atoms with van der Waals surface area (Å²) in [6.07, 6.45) is -0.856. The molecule has 2 saturated heterocycles. The smallest absolute Gasteiger partial charge is 0.381 e. The molecule has 2 atom stereocenters. The van der Waals surface area contributed by atoms with Crippen molar-refractivity contribution in [3.05, 3.63) is 63.8 Å². The van der Waals surface area contributed by atoms with Gasteiger partial charge in [0, 0.05) is 80.9 Å². The van der Waals surface area contributed by atoms with Gasteiger partial charge in [0.25, 0.3) is 5.56 Å². The van der Waals surface area contributed by atoms with Gasteiger partial charge in [-0.15, -0.1) is 11.8 Å². The predicted octanol–water partition coefficient (Wildman–Crippen LogP) is 2.36. The minimum absolute atomic E-state index is 0.0458. The second kappa shape index (κ2) is 11.8. The molecule has 8 nitrogen and oxygen atoms in total. The van der Waals surface area contributed by atoms with Crippen molar-refractivity contribution < 1.29 is 22.7 Å². The van der Waals surface area contributed by atoms with Gasteiger partial charge in [0.15, 0.2) is 0 Å². The number of hydrogen-bond acceptors (Lipinski definition) is 7. The maximum Gasteiger partial charge on any atom is 0.416 e. The van der Waals surface area contributed by atoms with E-state index in [-0.39, 0.29) is 42.5 Å². The van der Waals surface area contributed by atoms with Crippen LogP contribution in [0.25, 0.3) is 0 Å². The Hall–Kier alpha value is -2.41. The lowest BCUT2D eigenvalue weighted by molar-refractivity contribution is -0.138. The summed E-state index contributed by atoms with van der Waals surface area (Å²) in [6, 6.07) is 7.89. The highest BCUT2D eigenvalue weighted by atomic mass is 32.2. The molecular weight excluding hydrogens is 519 g/mol. The zero-order valence-corrected chi connectivity index (χ0v) is 21.8. The number of halogens is 3. The molecule has 38 heavy (non-hydrogen) atoms. The van der Waals surface area contributed by atoms with Crippen LogP contribution in [0.5, 0.6) is 0 Å². The molecule has 0 saturated carbocycles. The van der Waals surface area contributed by atoms with Crippen LogP contribution in [0.4, 0.5) is 13.2 Å². The fourth-order valence-electron chi connectivity index (χ4n) is 5.48. The number of alkyl halides is 3. The Morgan fingerprint density at radius 3 is 2.71 bits per heavy atom. The zero-order valence-electron chi connectivity index (χ0n) is 21.0. The van der Waals surface area contributed by atoms with Gasteiger partial charge >= 0.3 is 6.18 Å². The van der Waals surface area contributed by atoms with Crippen molar-refractivity contribution in [3.8, 4) is 0 Å². The first kappa shape index (κ1) is 27.2. The molecule has 0 aliphatic carbocycles. The van der Waals surface area contributed by atoms with Crippen LogP contribution in [0.15, 0.2) is 41.3 Å². The quantitative estimate of drug-likeness (QED) is 0.566. The number of fused-ring (bicyclic) bond motifs is 1. The maximum atomic E-state index is 13.2. The molecule has 1 N–H and O–H groups in total. The summed E-state index contributed by atoms with van der Waals surface area (Å²) >= 11 is 1.79. The van der Waals surface area contributed by atoms with Gasteiger partial charge in [-0.3, -0.25) is 24.4 Å². The van der Waals surface area contributed by atoms with Crippen LogP contribution in [0.3, 0.4) is 0 Å². The van der Waals surface area contributed by atoms with Gasteiger partial charge in [-0.2, -0.15) is 13.2 Å². The number of amides is 1. The predicted molar refractivity (Wildman–Crippen MR) is 138 cm³/mol. The number of ether oxygens (including phenoxy) is 1. The van der Waals surface area contributed by atoms with Crippen molar-refractivity contribution in [2.45, 2.75) is 55.2 Å². The topological polar surface area (TPSA) is 79.7 Å². The van der Waals surface area contributed by atoms with Crippen molar-refractivity contribution in [2.75, 3.05) is 39.4 Å². The van der Waals surface area contributed by atoms with E-state index in [2.05, 4.69) is 15.2 Å². The Bertz CT molecular complexity index is 1170. The van der Waals surface area contributed by atoms with E-state index in [1.54, 1.807) is 22.9 Å². The van der Waals surface area contributed by atoms with E-state index in [4.69, 9.17) is 4.74 Å². The third-order valence-electron chi connectivity index (χ3n) is 7.45. The van der Waals surface area contributed by atoms with E-state index >= 15 is 0 Å². The van der Waals surface area contributed by atoms with Crippen LogP contribution in [0.1, 0.15) is 29.8 Å². The fraction of sp³-hybridized carbons (Fsp3) is 0.577. The standard InChI is InChI=1S/C26H32F3N5O3S/c27-26(28,29)18-11-21-13-32(7-8-34(21)25(36)12-18)16-24(35)31-22-14-33(20-4-9-37-10-5-20)15-23(22)38-17-19-3-1-2-6-30-19/h1-3,6,11-12,20,22-23H,4-5,7-10,13-17H2,(H,31,35)/t22?,23-/m0/s1. The highest BCUT2D eigenvalue weighted by Crippen LogP contribution is 2.31. The number of aromatic nitrogens is 2. The van der Waals surface area contributed by atoms with Crippen molar-refractivity contribution >= 4 is 17.7 Å². The summed E-state index contributed by atoms with van der Waals surface area (Å²) in [6.45, 7) is 3.97. The number of thioether (sulfide) groups is 1. The first-order valence-electron chi connectivity index (χ1n) is 12.9. The number of carbonyl (C=O) groups excluding carboxylic acids is 1. The van der Waals surface area contributed by atoms with Gasteiger partial charge in [-0.1, -0.05) is 6.07 Å². The molecule has 0 aromatic carbocycles. The minimum Gasteiger partial charge on any atom is -0.381 e. The molecule has 0 radical (unpaired) electrons. The molecule has 5 rings (SSSR count). The molecule has 0 spiro atoms. The van der Waals surface area contributed by atoms with E-state index in [0.717, 1.165) is 56.7 Å². The third-order valence-corrected chi connectivity index (χ3v) is 8.82. The largest absolute Gasteiger partial charge is 0.416 e. The molecule has 1 unspecified atom stereocenters. The Balaban J connectivity index is 1.22. The summed E-state index contributed by atoms with van der Waals surface area (Å²) in [7, 11) is 0. The van der Waals surface area contributed by atoms with Crippen molar-refractivity contribution in [2.24, 2.45) is 0 Å². The first-order chi connectivity index (χ1) is 18.3. The molecule has 2 fully saturated rings. The highest BCUT2D eigenvalue weighted by molar-refractivity contribution is 7.99. The SMILES string of the molecule is O=C(CN1CCn2c(cc(C(F)(F)F)cc2=O)C1)NC1CN(C2CCOCC2)C[C@@H]1SCc1ccccn1. The van der Waals surface area contributed by atoms with Crippen LogP contribution < -0.4 is 10.9 Å². The average molecular weight is 552 g/mol. The molecule has 0 bridgehead atoms. The van der Waals surface area contributed by atoms with Gasteiger partial charge in [-0.25, -0.2) is 0 Å². The van der Waals surface area contributed by atoms with Crippen LogP contribution in [0, 0.1) is 0 Å². The fourth-order valence-corrected chi connectivity index (χ4v) is 6.71. The van der Waals surface area contributed by atoms with Gasteiger partial charge in [-0.05, 0) is 31.0 Å². The summed E-state index contributed by atoms with van der Waals surface area (Å²) in [5.74, 6) is 0.591. The van der Waals surface area contributed by atoms with Crippen molar-refractivity contribution in [1.82, 2.24) is 24.7 Å². The van der Waals surface area contributed by atoms with Gasteiger partial charge < -0.3 is 14.6 Å². The first-order valence-corrected chi connectivity index (χ1v) is 14.0. The van der Waals surface area contributed by atoms with Crippen LogP contribution in [-0.2, 0) is 34.6 Å². The second-order valence-electron chi connectivity index (χ2n) is 10.1. The summed E-state index contributed by atoms with van der Waals surface area (Å²) in [5.41, 5.74) is -0.343. The van der Waals surface area contributed by atoms with E-state index in [0.29, 0.717) is 18.7 Å². The summed E-state index contributed by atoms with van der Waals surface area (Å²) in [4.78, 5) is 34.0. The molecule has 3 aliphatic heterocycles. The molecule has 2 aromatic heterocycles.